The normalized spacial score (nSPS) is 20.1. The molecule has 0 aromatic rings. The van der Waals surface area contributed by atoms with Crippen molar-refractivity contribution in [1.29, 1.82) is 0 Å². The smallest absolute Gasteiger partial charge is 0.334 e. The van der Waals surface area contributed by atoms with Crippen LogP contribution < -0.4 is 0 Å². The molecule has 0 radical (unpaired) electrons. The van der Waals surface area contributed by atoms with Crippen LogP contribution in [0, 0.1) is 0 Å². The zero-order valence-electron chi connectivity index (χ0n) is 10.4. The molecule has 2 amide bonds. The monoisotopic (exact) mass is 244 g/mol. The second-order valence-corrected chi connectivity index (χ2v) is 4.20. The average Bonchev–Trinajstić information content (AvgIpc) is 2.35. The van der Waals surface area contributed by atoms with Gasteiger partial charge in [0.25, 0.3) is 0 Å². The Morgan fingerprint density at radius 3 is 2.82 bits per heavy atom. The highest BCUT2D eigenvalue weighted by molar-refractivity contribution is 5.77. The maximum absolute atomic E-state index is 12.0. The van der Waals surface area contributed by atoms with Gasteiger partial charge in [-0.25, -0.2) is 9.59 Å². The van der Waals surface area contributed by atoms with E-state index in [4.69, 9.17) is 9.84 Å². The Kier molecular flexibility index (Phi) is 5.21. The summed E-state index contributed by atoms with van der Waals surface area (Å²) in [5, 5.41) is 8.84. The fraction of sp³-hybridized carbons (Fsp3) is 0.818. The Bertz CT molecular complexity index is 283. The third kappa shape index (κ3) is 3.89. The summed E-state index contributed by atoms with van der Waals surface area (Å²) < 4.78 is 5.07. The maximum atomic E-state index is 12.0. The van der Waals surface area contributed by atoms with Crippen molar-refractivity contribution >= 4 is 12.0 Å². The van der Waals surface area contributed by atoms with Crippen LogP contribution in [0.15, 0.2) is 0 Å². The van der Waals surface area contributed by atoms with Crippen molar-refractivity contribution in [3.63, 3.8) is 0 Å². The van der Waals surface area contributed by atoms with Crippen LogP contribution in [0.3, 0.4) is 0 Å². The molecule has 0 bridgehead atoms. The zero-order chi connectivity index (χ0) is 12.8. The summed E-state index contributed by atoms with van der Waals surface area (Å²) in [5.41, 5.74) is 0. The van der Waals surface area contributed by atoms with Gasteiger partial charge in [-0.2, -0.15) is 0 Å². The van der Waals surface area contributed by atoms with Gasteiger partial charge in [0.15, 0.2) is 6.10 Å². The van der Waals surface area contributed by atoms with E-state index in [1.807, 2.05) is 0 Å². The molecule has 1 heterocycles. The summed E-state index contributed by atoms with van der Waals surface area (Å²) >= 11 is 0. The van der Waals surface area contributed by atoms with Gasteiger partial charge in [-0.15, -0.1) is 0 Å². The van der Waals surface area contributed by atoms with Gasteiger partial charge < -0.3 is 19.6 Å². The summed E-state index contributed by atoms with van der Waals surface area (Å²) in [6.45, 7) is 3.63. The number of ether oxygens (including phenoxy) is 1. The fourth-order valence-corrected chi connectivity index (χ4v) is 1.70. The highest BCUT2D eigenvalue weighted by Crippen LogP contribution is 2.08. The van der Waals surface area contributed by atoms with E-state index in [2.05, 4.69) is 6.92 Å². The Labute approximate surface area is 101 Å². The third-order valence-corrected chi connectivity index (χ3v) is 2.79. The number of carbonyl (C=O) groups is 2. The number of rotatable bonds is 4. The summed E-state index contributed by atoms with van der Waals surface area (Å²) in [7, 11) is 1.74. The second-order valence-electron chi connectivity index (χ2n) is 4.20. The largest absolute Gasteiger partial charge is 0.479 e. The van der Waals surface area contributed by atoms with E-state index in [9.17, 15) is 9.59 Å². The first-order valence-corrected chi connectivity index (χ1v) is 5.90. The van der Waals surface area contributed by atoms with Gasteiger partial charge in [0.1, 0.15) is 0 Å². The van der Waals surface area contributed by atoms with Gasteiger partial charge in [-0.3, -0.25) is 0 Å². The molecule has 0 aromatic heterocycles. The molecule has 0 spiro atoms. The van der Waals surface area contributed by atoms with E-state index in [0.29, 0.717) is 13.1 Å². The first-order chi connectivity index (χ1) is 8.06. The van der Waals surface area contributed by atoms with Gasteiger partial charge in [-0.1, -0.05) is 13.3 Å². The topological polar surface area (TPSA) is 70.1 Å². The SMILES string of the molecule is CCCCN(C)C(=O)N1CCOC(C(=O)O)C1. The summed E-state index contributed by atoms with van der Waals surface area (Å²) in [4.78, 5) is 25.9. The number of unbranched alkanes of at least 4 members (excludes halogenated alkanes) is 1. The molecular weight excluding hydrogens is 224 g/mol. The van der Waals surface area contributed by atoms with E-state index in [1.165, 1.54) is 4.90 Å². The number of nitrogens with zero attached hydrogens (tertiary/aromatic N) is 2. The third-order valence-electron chi connectivity index (χ3n) is 2.79. The second kappa shape index (κ2) is 6.44. The predicted octanol–water partition coefficient (Wildman–Crippen LogP) is 0.624. The van der Waals surface area contributed by atoms with Crippen molar-refractivity contribution in [3.05, 3.63) is 0 Å². The summed E-state index contributed by atoms with van der Waals surface area (Å²) in [5.74, 6) is -1.02. The number of morpholine rings is 1. The quantitative estimate of drug-likeness (QED) is 0.787. The van der Waals surface area contributed by atoms with Crippen LogP contribution in [-0.2, 0) is 9.53 Å². The van der Waals surface area contributed by atoms with Crippen LogP contribution in [0.5, 0.6) is 0 Å². The van der Waals surface area contributed by atoms with Crippen molar-refractivity contribution in [1.82, 2.24) is 9.80 Å². The predicted molar refractivity (Wildman–Crippen MR) is 61.9 cm³/mol. The van der Waals surface area contributed by atoms with E-state index < -0.39 is 12.1 Å². The lowest BCUT2D eigenvalue weighted by molar-refractivity contribution is -0.154. The lowest BCUT2D eigenvalue weighted by Gasteiger charge is -2.33. The summed E-state index contributed by atoms with van der Waals surface area (Å²) in [6, 6.07) is -0.118. The fourth-order valence-electron chi connectivity index (χ4n) is 1.70. The molecule has 1 aliphatic heterocycles. The number of aliphatic carboxylic acids is 1. The highest BCUT2D eigenvalue weighted by Gasteiger charge is 2.30. The van der Waals surface area contributed by atoms with Gasteiger partial charge in [0.2, 0.25) is 0 Å². The maximum Gasteiger partial charge on any atom is 0.334 e. The van der Waals surface area contributed by atoms with Crippen LogP contribution >= 0.6 is 0 Å². The zero-order valence-corrected chi connectivity index (χ0v) is 10.4. The minimum absolute atomic E-state index is 0.118. The molecule has 1 aliphatic rings. The van der Waals surface area contributed by atoms with Crippen LogP contribution in [-0.4, -0.2) is 66.3 Å². The average molecular weight is 244 g/mol. The van der Waals surface area contributed by atoms with Crippen LogP contribution in [0.25, 0.3) is 0 Å². The molecule has 0 aliphatic carbocycles. The lowest BCUT2D eigenvalue weighted by atomic mass is 10.3. The van der Waals surface area contributed by atoms with Gasteiger partial charge in [-0.05, 0) is 6.42 Å². The van der Waals surface area contributed by atoms with Crippen molar-refractivity contribution in [2.45, 2.75) is 25.9 Å². The number of urea groups is 1. The Morgan fingerprint density at radius 2 is 2.24 bits per heavy atom. The van der Waals surface area contributed by atoms with Gasteiger partial charge in [0.05, 0.1) is 13.2 Å². The Balaban J connectivity index is 2.48. The van der Waals surface area contributed by atoms with E-state index in [1.54, 1.807) is 11.9 Å². The molecule has 1 fully saturated rings. The lowest BCUT2D eigenvalue weighted by Crippen LogP contribution is -2.52. The molecule has 1 atom stereocenters. The molecule has 6 nitrogen and oxygen atoms in total. The molecule has 17 heavy (non-hydrogen) atoms. The van der Waals surface area contributed by atoms with Crippen molar-refractivity contribution in [2.75, 3.05) is 33.3 Å². The molecule has 98 valence electrons. The highest BCUT2D eigenvalue weighted by atomic mass is 16.5. The van der Waals surface area contributed by atoms with Crippen molar-refractivity contribution in [3.8, 4) is 0 Å². The molecule has 1 unspecified atom stereocenters. The number of hydrogen-bond donors (Lipinski definition) is 1. The van der Waals surface area contributed by atoms with Crippen LogP contribution in [0.4, 0.5) is 4.79 Å². The van der Waals surface area contributed by atoms with E-state index >= 15 is 0 Å². The molecule has 1 saturated heterocycles. The standard InChI is InChI=1S/C11H20N2O4/c1-3-4-5-12(2)11(16)13-6-7-17-9(8-13)10(14)15/h9H,3-8H2,1-2H3,(H,14,15). The van der Waals surface area contributed by atoms with E-state index in [0.717, 1.165) is 12.8 Å². The van der Waals surface area contributed by atoms with Gasteiger partial charge >= 0.3 is 12.0 Å². The number of hydrogen-bond acceptors (Lipinski definition) is 3. The Hall–Kier alpha value is -1.30. The number of amides is 2. The molecular formula is C11H20N2O4. The number of carbonyl (C=O) groups excluding carboxylic acids is 1. The first kappa shape index (κ1) is 13.8. The van der Waals surface area contributed by atoms with E-state index in [-0.39, 0.29) is 19.2 Å². The Morgan fingerprint density at radius 1 is 1.53 bits per heavy atom. The molecule has 0 saturated carbocycles. The van der Waals surface area contributed by atoms with Crippen LogP contribution in [0.1, 0.15) is 19.8 Å². The molecule has 0 aromatic carbocycles. The first-order valence-electron chi connectivity index (χ1n) is 5.90. The minimum Gasteiger partial charge on any atom is -0.479 e. The van der Waals surface area contributed by atoms with Crippen molar-refractivity contribution < 1.29 is 19.4 Å². The molecule has 6 heteroatoms. The van der Waals surface area contributed by atoms with Crippen LogP contribution in [0.2, 0.25) is 0 Å². The minimum atomic E-state index is -1.02. The van der Waals surface area contributed by atoms with Crippen molar-refractivity contribution in [2.24, 2.45) is 0 Å². The summed E-state index contributed by atoms with van der Waals surface area (Å²) in [6.07, 6.45) is 1.08. The molecule has 1 N–H and O–H groups in total. The number of carboxylic acid groups (broad SMARTS) is 1. The number of carboxylic acids is 1. The molecule has 1 rings (SSSR count). The van der Waals surface area contributed by atoms with Gasteiger partial charge in [0, 0.05) is 20.1 Å².